The summed E-state index contributed by atoms with van der Waals surface area (Å²) in [5, 5.41) is 3.77. The summed E-state index contributed by atoms with van der Waals surface area (Å²) in [6, 6.07) is 16.0. The average Bonchev–Trinajstić information content (AvgIpc) is 3.00. The van der Waals surface area contributed by atoms with Gasteiger partial charge >= 0.3 is 11.9 Å². The van der Waals surface area contributed by atoms with Crippen LogP contribution in [0.1, 0.15) is 135 Å². The van der Waals surface area contributed by atoms with Crippen LogP contribution in [-0.4, -0.2) is 58.8 Å². The van der Waals surface area contributed by atoms with E-state index in [4.69, 9.17) is 9.47 Å². The molecule has 2 aliphatic rings. The lowest BCUT2D eigenvalue weighted by molar-refractivity contribution is -0.0469. The molecule has 2 aromatic carbocycles. The van der Waals surface area contributed by atoms with E-state index in [0.29, 0.717) is 41.0 Å². The summed E-state index contributed by atoms with van der Waals surface area (Å²) in [4.78, 5) is 29.2. The zero-order valence-corrected chi connectivity index (χ0v) is 30.9. The molecule has 260 valence electrons. The molecular weight excluding hydrogens is 584 g/mol. The summed E-state index contributed by atoms with van der Waals surface area (Å²) in [6.07, 6.45) is 6.84. The second kappa shape index (κ2) is 15.7. The molecule has 1 N–H and O–H groups in total. The molecule has 4 rings (SSSR count). The van der Waals surface area contributed by atoms with Gasteiger partial charge in [0.1, 0.15) is 12.2 Å². The molecule has 4 unspecified atom stereocenters. The van der Waals surface area contributed by atoms with Crippen LogP contribution in [0, 0.1) is 17.8 Å². The minimum absolute atomic E-state index is 0.0771. The van der Waals surface area contributed by atoms with Gasteiger partial charge < -0.3 is 14.8 Å². The molecule has 2 heterocycles. The van der Waals surface area contributed by atoms with Gasteiger partial charge in [0, 0.05) is 48.8 Å². The third-order valence-electron chi connectivity index (χ3n) is 10.8. The number of likely N-dealkylation sites (tertiary alicyclic amines) is 1. The van der Waals surface area contributed by atoms with Crippen molar-refractivity contribution < 1.29 is 19.1 Å². The van der Waals surface area contributed by atoms with Gasteiger partial charge in [-0.15, -0.1) is 0 Å². The van der Waals surface area contributed by atoms with Crippen molar-refractivity contribution in [3.05, 3.63) is 59.7 Å². The molecule has 2 aromatic rings. The highest BCUT2D eigenvalue weighted by molar-refractivity contribution is 5.91. The van der Waals surface area contributed by atoms with E-state index in [9.17, 15) is 9.59 Å². The van der Waals surface area contributed by atoms with Gasteiger partial charge in [0.25, 0.3) is 0 Å². The molecule has 0 saturated carbocycles. The van der Waals surface area contributed by atoms with Crippen LogP contribution in [0.2, 0.25) is 0 Å². The Labute approximate surface area is 285 Å². The first kappa shape index (κ1) is 37.1. The standard InChI is InChI=1S/C41H62N2O4/c1-11-12-13-22-43-36(27(2)3)23-34(24-37(43)28(4)5)46-38(44)32-18-14-30(15-19-32)31-16-20-33(21-17-31)39(45)47-35-25-40(8,9)42-41(10,26-35)29(6)7/h14-21,27-29,34-37,42H,11-13,22-26H2,1-10H3. The van der Waals surface area contributed by atoms with E-state index < -0.39 is 0 Å². The number of carbonyl (C=O) groups excluding carboxylic acids is 2. The van der Waals surface area contributed by atoms with E-state index in [0.717, 1.165) is 43.4 Å². The summed E-state index contributed by atoms with van der Waals surface area (Å²) in [6.45, 7) is 23.6. The number of piperidine rings is 2. The Hall–Kier alpha value is -2.70. The third kappa shape index (κ3) is 9.47. The molecule has 0 aromatic heterocycles. The zero-order valence-electron chi connectivity index (χ0n) is 30.9. The molecule has 2 saturated heterocycles. The molecule has 0 radical (unpaired) electrons. The summed E-state index contributed by atoms with van der Waals surface area (Å²) < 4.78 is 12.2. The minimum atomic E-state index is -0.283. The quantitative estimate of drug-likeness (QED) is 0.183. The number of rotatable bonds is 12. The lowest BCUT2D eigenvalue weighted by Crippen LogP contribution is -2.63. The Kier molecular flexibility index (Phi) is 12.4. The molecule has 6 heteroatoms. The minimum Gasteiger partial charge on any atom is -0.459 e. The van der Waals surface area contributed by atoms with E-state index in [1.54, 1.807) is 0 Å². The predicted octanol–water partition coefficient (Wildman–Crippen LogP) is 9.32. The van der Waals surface area contributed by atoms with E-state index in [-0.39, 0.29) is 35.2 Å². The first-order valence-corrected chi connectivity index (χ1v) is 18.3. The molecule has 0 amide bonds. The van der Waals surface area contributed by atoms with Crippen molar-refractivity contribution in [2.75, 3.05) is 6.54 Å². The lowest BCUT2D eigenvalue weighted by atomic mass is 9.74. The van der Waals surface area contributed by atoms with Crippen LogP contribution in [-0.2, 0) is 9.47 Å². The van der Waals surface area contributed by atoms with Gasteiger partial charge in [0.05, 0.1) is 11.1 Å². The maximum atomic E-state index is 13.3. The monoisotopic (exact) mass is 646 g/mol. The van der Waals surface area contributed by atoms with Gasteiger partial charge in [-0.05, 0) is 86.9 Å². The van der Waals surface area contributed by atoms with Crippen LogP contribution in [0.15, 0.2) is 48.5 Å². The van der Waals surface area contributed by atoms with Crippen molar-refractivity contribution in [3.63, 3.8) is 0 Å². The number of carbonyl (C=O) groups is 2. The Morgan fingerprint density at radius 3 is 1.64 bits per heavy atom. The molecule has 4 atom stereocenters. The van der Waals surface area contributed by atoms with Crippen molar-refractivity contribution in [2.24, 2.45) is 17.8 Å². The van der Waals surface area contributed by atoms with E-state index in [1.165, 1.54) is 19.3 Å². The second-order valence-corrected chi connectivity index (χ2v) is 16.2. The van der Waals surface area contributed by atoms with E-state index >= 15 is 0 Å². The SMILES string of the molecule is CCCCCN1C(C(C)C)CC(OC(=O)c2ccc(-c3ccc(C(=O)OC4CC(C)(C)NC(C)(C(C)C)C4)cc3)cc2)CC1C(C)C. The molecular formula is C41H62N2O4. The van der Waals surface area contributed by atoms with Crippen LogP contribution in [0.25, 0.3) is 11.1 Å². The largest absolute Gasteiger partial charge is 0.459 e. The van der Waals surface area contributed by atoms with Gasteiger partial charge in [-0.1, -0.05) is 85.6 Å². The molecule has 0 aliphatic carbocycles. The van der Waals surface area contributed by atoms with E-state index in [1.807, 2.05) is 48.5 Å². The van der Waals surface area contributed by atoms with Crippen molar-refractivity contribution in [1.82, 2.24) is 10.2 Å². The molecule has 2 aliphatic heterocycles. The Morgan fingerprint density at radius 1 is 0.745 bits per heavy atom. The summed E-state index contributed by atoms with van der Waals surface area (Å²) in [5.74, 6) is 0.894. The fraction of sp³-hybridized carbons (Fsp3) is 0.659. The number of hydrogen-bond donors (Lipinski definition) is 1. The Bertz CT molecular complexity index is 1300. The van der Waals surface area contributed by atoms with Crippen LogP contribution in [0.4, 0.5) is 0 Å². The first-order valence-electron chi connectivity index (χ1n) is 18.3. The van der Waals surface area contributed by atoms with Gasteiger partial charge in [-0.3, -0.25) is 4.90 Å². The number of esters is 2. The molecule has 2 fully saturated rings. The summed E-state index contributed by atoms with van der Waals surface area (Å²) in [5.41, 5.74) is 2.88. The van der Waals surface area contributed by atoms with Gasteiger partial charge in [-0.2, -0.15) is 0 Å². The Balaban J connectivity index is 1.37. The molecule has 6 nitrogen and oxygen atoms in total. The normalized spacial score (nSPS) is 26.5. The molecule has 47 heavy (non-hydrogen) atoms. The lowest BCUT2D eigenvalue weighted by Gasteiger charge is -2.49. The average molecular weight is 647 g/mol. The maximum Gasteiger partial charge on any atom is 0.338 e. The fourth-order valence-corrected chi connectivity index (χ4v) is 7.92. The Morgan fingerprint density at radius 2 is 1.21 bits per heavy atom. The summed E-state index contributed by atoms with van der Waals surface area (Å²) >= 11 is 0. The van der Waals surface area contributed by atoms with E-state index in [2.05, 4.69) is 79.5 Å². The van der Waals surface area contributed by atoms with Crippen LogP contribution >= 0.6 is 0 Å². The molecule has 0 spiro atoms. The third-order valence-corrected chi connectivity index (χ3v) is 10.8. The number of unbranched alkanes of at least 4 members (excludes halogenated alkanes) is 2. The number of nitrogens with one attached hydrogen (secondary N) is 1. The highest BCUT2D eigenvalue weighted by Crippen LogP contribution is 2.36. The fourth-order valence-electron chi connectivity index (χ4n) is 7.92. The highest BCUT2D eigenvalue weighted by Gasteiger charge is 2.44. The number of benzene rings is 2. The predicted molar refractivity (Wildman–Crippen MR) is 193 cm³/mol. The number of nitrogens with zero attached hydrogens (tertiary/aromatic N) is 1. The highest BCUT2D eigenvalue weighted by atomic mass is 16.5. The van der Waals surface area contributed by atoms with Gasteiger partial charge in [-0.25, -0.2) is 9.59 Å². The van der Waals surface area contributed by atoms with Crippen LogP contribution in [0.5, 0.6) is 0 Å². The zero-order chi connectivity index (χ0) is 34.5. The summed E-state index contributed by atoms with van der Waals surface area (Å²) in [7, 11) is 0. The van der Waals surface area contributed by atoms with Crippen molar-refractivity contribution in [2.45, 2.75) is 150 Å². The van der Waals surface area contributed by atoms with Gasteiger partial charge in [0.15, 0.2) is 0 Å². The maximum absolute atomic E-state index is 13.3. The first-order chi connectivity index (χ1) is 22.1. The topological polar surface area (TPSA) is 67.9 Å². The van der Waals surface area contributed by atoms with Crippen LogP contribution < -0.4 is 5.32 Å². The second-order valence-electron chi connectivity index (χ2n) is 16.2. The number of hydrogen-bond acceptors (Lipinski definition) is 6. The van der Waals surface area contributed by atoms with Crippen molar-refractivity contribution >= 4 is 11.9 Å². The number of ether oxygens (including phenoxy) is 2. The smallest absolute Gasteiger partial charge is 0.338 e. The molecule has 0 bridgehead atoms. The van der Waals surface area contributed by atoms with Crippen LogP contribution in [0.3, 0.4) is 0 Å². The van der Waals surface area contributed by atoms with Gasteiger partial charge in [0.2, 0.25) is 0 Å². The van der Waals surface area contributed by atoms with Crippen molar-refractivity contribution in [1.29, 1.82) is 0 Å². The van der Waals surface area contributed by atoms with Crippen molar-refractivity contribution in [3.8, 4) is 11.1 Å².